The van der Waals surface area contributed by atoms with Crippen LogP contribution in [0.5, 0.6) is 0 Å². The summed E-state index contributed by atoms with van der Waals surface area (Å²) in [5.41, 5.74) is 0.543. The molecular weight excluding hydrogens is 422 g/mol. The number of rotatable bonds is 8. The smallest absolute Gasteiger partial charge is 0.317 e. The average Bonchev–Trinajstić information content (AvgIpc) is 2.70. The Morgan fingerprint density at radius 1 is 0.719 bits per heavy atom. The molecule has 0 bridgehead atoms. The summed E-state index contributed by atoms with van der Waals surface area (Å²) >= 11 is 0. The van der Waals surface area contributed by atoms with Crippen LogP contribution >= 0.6 is 0 Å². The Bertz CT molecular complexity index is 746. The zero-order chi connectivity index (χ0) is 23.5. The molecule has 2 heterocycles. The fourth-order valence-corrected chi connectivity index (χ4v) is 3.60. The normalized spacial score (nSPS) is 18.5. The topological polar surface area (TPSA) is 152 Å². The quantitative estimate of drug-likeness (QED) is 0.305. The van der Waals surface area contributed by atoms with E-state index in [2.05, 4.69) is 0 Å². The summed E-state index contributed by atoms with van der Waals surface area (Å²) < 4.78 is 0.782. The number of aromatic nitrogens is 1. The van der Waals surface area contributed by atoms with Crippen molar-refractivity contribution in [1.82, 2.24) is 19.6 Å². The summed E-state index contributed by atoms with van der Waals surface area (Å²) in [6.45, 7) is 2.99. The van der Waals surface area contributed by atoms with Crippen LogP contribution in [0.15, 0.2) is 24.4 Å². The van der Waals surface area contributed by atoms with E-state index in [-0.39, 0.29) is 19.6 Å². The van der Waals surface area contributed by atoms with Crippen molar-refractivity contribution in [3.63, 3.8) is 0 Å². The third-order valence-corrected chi connectivity index (χ3v) is 5.30. The van der Waals surface area contributed by atoms with Crippen molar-refractivity contribution < 1.29 is 34.4 Å². The van der Waals surface area contributed by atoms with Gasteiger partial charge in [0.1, 0.15) is 0 Å². The van der Waals surface area contributed by atoms with Gasteiger partial charge in [-0.1, -0.05) is 0 Å². The molecule has 0 aromatic carbocycles. The molecule has 0 spiro atoms. The van der Waals surface area contributed by atoms with Gasteiger partial charge in [0.15, 0.2) is 6.20 Å². The largest absolute Gasteiger partial charge is 0.618 e. The average molecular weight is 453 g/mol. The molecule has 1 saturated heterocycles. The summed E-state index contributed by atoms with van der Waals surface area (Å²) in [4.78, 5) is 41.0. The number of hydrogen-bond acceptors (Lipinski definition) is 8. The number of hydrogen-bond donors (Lipinski definition) is 3. The van der Waals surface area contributed by atoms with Crippen LogP contribution in [0.1, 0.15) is 5.69 Å². The minimum Gasteiger partial charge on any atom is -0.618 e. The molecule has 178 valence electrons. The standard InChI is InChI=1S/C20H31N5O7/c26-18(27)14-22-7-5-21(13-17-3-1-2-4-25(17)32)6-8-23(15-19(28)29)10-12-24(11-9-22)16-20(30)31/h1-4H,5-16H2,(H,26,27)(H,28,29)(H,30,31). The van der Waals surface area contributed by atoms with Crippen LogP contribution in [0.4, 0.5) is 0 Å². The summed E-state index contributed by atoms with van der Waals surface area (Å²) in [7, 11) is 0. The molecule has 2 rings (SSSR count). The minimum absolute atomic E-state index is 0.174. The predicted octanol–water partition coefficient (Wildman–Crippen LogP) is -1.70. The first-order valence-corrected chi connectivity index (χ1v) is 10.4. The van der Waals surface area contributed by atoms with Crippen LogP contribution in [-0.4, -0.2) is 125 Å². The van der Waals surface area contributed by atoms with E-state index in [0.717, 1.165) is 4.73 Å². The summed E-state index contributed by atoms with van der Waals surface area (Å²) in [5, 5.41) is 39.8. The molecule has 1 aliphatic rings. The van der Waals surface area contributed by atoms with Gasteiger partial charge in [0.05, 0.1) is 26.2 Å². The second-order valence-corrected chi connectivity index (χ2v) is 7.80. The Balaban J connectivity index is 2.17. The Morgan fingerprint density at radius 3 is 1.44 bits per heavy atom. The van der Waals surface area contributed by atoms with Gasteiger partial charge in [0.2, 0.25) is 5.69 Å². The molecule has 0 saturated carbocycles. The van der Waals surface area contributed by atoms with E-state index in [9.17, 15) is 34.9 Å². The first-order valence-electron chi connectivity index (χ1n) is 10.4. The van der Waals surface area contributed by atoms with Crippen LogP contribution in [0.2, 0.25) is 0 Å². The maximum Gasteiger partial charge on any atom is 0.317 e. The molecule has 32 heavy (non-hydrogen) atoms. The van der Waals surface area contributed by atoms with Gasteiger partial charge < -0.3 is 20.5 Å². The van der Waals surface area contributed by atoms with Crippen molar-refractivity contribution >= 4 is 17.9 Å². The van der Waals surface area contributed by atoms with Crippen molar-refractivity contribution in [2.75, 3.05) is 72.0 Å². The van der Waals surface area contributed by atoms with E-state index in [0.29, 0.717) is 64.6 Å². The SMILES string of the molecule is O=C(O)CN1CCN(CC(=O)O)CCN(Cc2cccc[n+]2[O-])CCN(CC(=O)O)CC1. The van der Waals surface area contributed by atoms with Gasteiger partial charge >= 0.3 is 17.9 Å². The number of nitrogens with zero attached hydrogens (tertiary/aromatic N) is 5. The van der Waals surface area contributed by atoms with Crippen LogP contribution < -0.4 is 4.73 Å². The van der Waals surface area contributed by atoms with Gasteiger partial charge in [-0.3, -0.25) is 34.0 Å². The fourth-order valence-electron chi connectivity index (χ4n) is 3.60. The maximum absolute atomic E-state index is 12.1. The highest BCUT2D eigenvalue weighted by Crippen LogP contribution is 2.04. The fraction of sp³-hybridized carbons (Fsp3) is 0.600. The predicted molar refractivity (Wildman–Crippen MR) is 113 cm³/mol. The number of aliphatic carboxylic acids is 3. The van der Waals surface area contributed by atoms with Crippen molar-refractivity contribution in [3.05, 3.63) is 35.3 Å². The Labute approximate surface area is 186 Å². The summed E-state index contributed by atoms with van der Waals surface area (Å²) in [5.74, 6) is -2.94. The van der Waals surface area contributed by atoms with Gasteiger partial charge in [-0.05, 0) is 6.07 Å². The van der Waals surface area contributed by atoms with Gasteiger partial charge in [0.25, 0.3) is 0 Å². The van der Waals surface area contributed by atoms with Crippen molar-refractivity contribution in [2.24, 2.45) is 0 Å². The molecule has 0 atom stereocenters. The van der Waals surface area contributed by atoms with Gasteiger partial charge in [0, 0.05) is 64.5 Å². The number of carboxylic acids is 3. The molecule has 0 amide bonds. The lowest BCUT2D eigenvalue weighted by Crippen LogP contribution is -2.48. The highest BCUT2D eigenvalue weighted by molar-refractivity contribution is 5.69. The summed E-state index contributed by atoms with van der Waals surface area (Å²) in [6.07, 6.45) is 1.41. The second kappa shape index (κ2) is 12.9. The van der Waals surface area contributed by atoms with Crippen LogP contribution in [0.3, 0.4) is 0 Å². The molecule has 0 radical (unpaired) electrons. The van der Waals surface area contributed by atoms with Crippen molar-refractivity contribution in [1.29, 1.82) is 0 Å². The maximum atomic E-state index is 12.1. The first kappa shape index (κ1) is 25.5. The second-order valence-electron chi connectivity index (χ2n) is 7.80. The van der Waals surface area contributed by atoms with Crippen molar-refractivity contribution in [3.8, 4) is 0 Å². The summed E-state index contributed by atoms with van der Waals surface area (Å²) in [6, 6.07) is 5.13. The molecular formula is C20H31N5O7. The van der Waals surface area contributed by atoms with E-state index < -0.39 is 17.9 Å². The number of pyridine rings is 1. The zero-order valence-corrected chi connectivity index (χ0v) is 18.0. The molecule has 1 aromatic heterocycles. The van der Waals surface area contributed by atoms with Crippen LogP contribution in [0, 0.1) is 5.21 Å². The van der Waals surface area contributed by atoms with Gasteiger partial charge in [-0.2, -0.15) is 4.73 Å². The highest BCUT2D eigenvalue weighted by atomic mass is 16.5. The molecule has 0 unspecified atom stereocenters. The molecule has 3 N–H and O–H groups in total. The van der Waals surface area contributed by atoms with E-state index >= 15 is 0 Å². The van der Waals surface area contributed by atoms with Crippen LogP contribution in [0.25, 0.3) is 0 Å². The Kier molecular flexibility index (Phi) is 10.3. The Morgan fingerprint density at radius 2 is 1.09 bits per heavy atom. The molecule has 1 aliphatic heterocycles. The van der Waals surface area contributed by atoms with E-state index in [1.807, 2.05) is 4.90 Å². The lowest BCUT2D eigenvalue weighted by Gasteiger charge is -2.32. The molecule has 12 nitrogen and oxygen atoms in total. The molecule has 1 fully saturated rings. The third-order valence-electron chi connectivity index (χ3n) is 5.30. The lowest BCUT2D eigenvalue weighted by molar-refractivity contribution is -0.615. The molecule has 1 aromatic rings. The number of carbonyl (C=O) groups is 3. The zero-order valence-electron chi connectivity index (χ0n) is 18.0. The Hall–Kier alpha value is -2.80. The monoisotopic (exact) mass is 453 g/mol. The van der Waals surface area contributed by atoms with E-state index in [1.54, 1.807) is 32.9 Å². The number of carboxylic acid groups (broad SMARTS) is 3. The molecule has 12 heteroatoms. The van der Waals surface area contributed by atoms with E-state index in [4.69, 9.17) is 0 Å². The van der Waals surface area contributed by atoms with Crippen LogP contribution in [-0.2, 0) is 20.9 Å². The minimum atomic E-state index is -0.994. The van der Waals surface area contributed by atoms with Crippen molar-refractivity contribution in [2.45, 2.75) is 6.54 Å². The lowest BCUT2D eigenvalue weighted by atomic mass is 10.3. The van der Waals surface area contributed by atoms with Gasteiger partial charge in [-0.25, -0.2) is 0 Å². The van der Waals surface area contributed by atoms with E-state index in [1.165, 1.54) is 6.20 Å². The third kappa shape index (κ3) is 9.56. The molecule has 0 aliphatic carbocycles. The highest BCUT2D eigenvalue weighted by Gasteiger charge is 2.21. The first-order chi connectivity index (χ1) is 15.2. The van der Waals surface area contributed by atoms with Gasteiger partial charge in [-0.15, -0.1) is 0 Å².